The molecule has 0 saturated carbocycles. The largest absolute Gasteiger partial charge is 0.493 e. The Kier molecular flexibility index (Phi) is 2.07. The first-order chi connectivity index (χ1) is 6.31. The minimum Gasteiger partial charge on any atom is -0.493 e. The summed E-state index contributed by atoms with van der Waals surface area (Å²) < 4.78 is 5.41. The third-order valence-electron chi connectivity index (χ3n) is 2.34. The molecule has 0 spiro atoms. The van der Waals surface area contributed by atoms with E-state index in [1.165, 1.54) is 5.56 Å². The maximum atomic E-state index is 5.52. The van der Waals surface area contributed by atoms with Crippen LogP contribution in [0.2, 0.25) is 0 Å². The van der Waals surface area contributed by atoms with Crippen LogP contribution >= 0.6 is 0 Å². The number of hydrogen-bond acceptors (Lipinski definition) is 2. The fraction of sp³-hybridized carbons (Fsp3) is 0.273. The second-order valence-corrected chi connectivity index (χ2v) is 3.23. The van der Waals surface area contributed by atoms with Crippen molar-refractivity contribution in [3.63, 3.8) is 0 Å². The van der Waals surface area contributed by atoms with Crippen molar-refractivity contribution in [1.82, 2.24) is 0 Å². The van der Waals surface area contributed by atoms with Gasteiger partial charge in [-0.3, -0.25) is 0 Å². The molecule has 1 aliphatic rings. The van der Waals surface area contributed by atoms with E-state index in [1.54, 1.807) is 0 Å². The maximum absolute atomic E-state index is 5.52. The van der Waals surface area contributed by atoms with Gasteiger partial charge in [0.15, 0.2) is 0 Å². The molecule has 1 aliphatic heterocycles. The van der Waals surface area contributed by atoms with Crippen LogP contribution in [0.3, 0.4) is 0 Å². The zero-order chi connectivity index (χ0) is 9.26. The van der Waals surface area contributed by atoms with Gasteiger partial charge in [-0.05, 0) is 28.8 Å². The summed E-state index contributed by atoms with van der Waals surface area (Å²) in [4.78, 5) is 0. The van der Waals surface area contributed by atoms with E-state index >= 15 is 0 Å². The van der Waals surface area contributed by atoms with Gasteiger partial charge in [0, 0.05) is 13.0 Å². The lowest BCUT2D eigenvalue weighted by Crippen LogP contribution is -2.00. The lowest BCUT2D eigenvalue weighted by molar-refractivity contribution is 0.357. The fourth-order valence-corrected chi connectivity index (χ4v) is 1.52. The zero-order valence-electron chi connectivity index (χ0n) is 7.55. The molecule has 1 heterocycles. The average Bonchev–Trinajstić information content (AvgIpc) is 2.63. The Hall–Kier alpha value is -1.28. The highest BCUT2D eigenvalue weighted by Crippen LogP contribution is 2.27. The number of nitrogens with two attached hydrogens (primary N) is 1. The number of fused-ring (bicyclic) bond motifs is 1. The van der Waals surface area contributed by atoms with E-state index in [0.29, 0.717) is 6.54 Å². The van der Waals surface area contributed by atoms with Gasteiger partial charge >= 0.3 is 0 Å². The van der Waals surface area contributed by atoms with Crippen LogP contribution < -0.4 is 10.5 Å². The van der Waals surface area contributed by atoms with Crippen molar-refractivity contribution >= 4 is 5.57 Å². The van der Waals surface area contributed by atoms with Gasteiger partial charge in [0.25, 0.3) is 0 Å². The molecular formula is C11H13NO. The summed E-state index contributed by atoms with van der Waals surface area (Å²) in [5, 5.41) is 0. The van der Waals surface area contributed by atoms with Crippen molar-refractivity contribution in [2.24, 2.45) is 5.73 Å². The van der Waals surface area contributed by atoms with Crippen LogP contribution in [0, 0.1) is 0 Å². The fourth-order valence-electron chi connectivity index (χ4n) is 1.52. The van der Waals surface area contributed by atoms with Crippen molar-refractivity contribution in [1.29, 1.82) is 0 Å². The maximum Gasteiger partial charge on any atom is 0.122 e. The van der Waals surface area contributed by atoms with Crippen LogP contribution in [0.15, 0.2) is 24.8 Å². The van der Waals surface area contributed by atoms with Gasteiger partial charge in [-0.1, -0.05) is 12.6 Å². The predicted molar refractivity (Wildman–Crippen MR) is 53.7 cm³/mol. The van der Waals surface area contributed by atoms with Crippen LogP contribution in [0.25, 0.3) is 5.57 Å². The molecule has 2 heteroatoms. The SMILES string of the molecule is C=C(CN)c1ccc2c(c1)CCO2. The molecule has 0 saturated heterocycles. The Balaban J connectivity index is 2.36. The summed E-state index contributed by atoms with van der Waals surface area (Å²) in [6, 6.07) is 6.13. The molecule has 0 aliphatic carbocycles. The molecular weight excluding hydrogens is 162 g/mol. The minimum atomic E-state index is 0.514. The molecule has 1 aromatic carbocycles. The monoisotopic (exact) mass is 175 g/mol. The Bertz CT molecular complexity index is 344. The highest BCUT2D eigenvalue weighted by molar-refractivity contribution is 5.66. The van der Waals surface area contributed by atoms with Crippen LogP contribution in [-0.4, -0.2) is 13.2 Å². The van der Waals surface area contributed by atoms with Gasteiger partial charge in [0.1, 0.15) is 5.75 Å². The summed E-state index contributed by atoms with van der Waals surface area (Å²) in [6.45, 7) is 5.22. The first-order valence-electron chi connectivity index (χ1n) is 4.45. The molecule has 13 heavy (non-hydrogen) atoms. The molecule has 68 valence electrons. The minimum absolute atomic E-state index is 0.514. The second-order valence-electron chi connectivity index (χ2n) is 3.23. The normalized spacial score (nSPS) is 13.6. The number of hydrogen-bond donors (Lipinski definition) is 1. The van der Waals surface area contributed by atoms with E-state index in [0.717, 1.165) is 29.9 Å². The van der Waals surface area contributed by atoms with Gasteiger partial charge in [0.2, 0.25) is 0 Å². The van der Waals surface area contributed by atoms with E-state index in [9.17, 15) is 0 Å². The van der Waals surface area contributed by atoms with Crippen LogP contribution in [0.1, 0.15) is 11.1 Å². The van der Waals surface area contributed by atoms with E-state index in [1.807, 2.05) is 12.1 Å². The standard InChI is InChI=1S/C11H13NO/c1-8(7-12)9-2-3-11-10(6-9)4-5-13-11/h2-3,6H,1,4-5,7,12H2. The first kappa shape index (κ1) is 8.32. The highest BCUT2D eigenvalue weighted by atomic mass is 16.5. The van der Waals surface area contributed by atoms with Crippen LogP contribution in [0.5, 0.6) is 5.75 Å². The van der Waals surface area contributed by atoms with Gasteiger partial charge in [-0.15, -0.1) is 0 Å². The summed E-state index contributed by atoms with van der Waals surface area (Å²) in [6.07, 6.45) is 1.00. The molecule has 0 aromatic heterocycles. The summed E-state index contributed by atoms with van der Waals surface area (Å²) in [5.41, 5.74) is 8.90. The second kappa shape index (κ2) is 3.23. The molecule has 0 amide bonds. The van der Waals surface area contributed by atoms with Crippen molar-refractivity contribution in [3.8, 4) is 5.75 Å². The highest BCUT2D eigenvalue weighted by Gasteiger charge is 2.12. The van der Waals surface area contributed by atoms with Crippen molar-refractivity contribution in [2.75, 3.05) is 13.2 Å². The summed E-state index contributed by atoms with van der Waals surface area (Å²) in [7, 11) is 0. The molecule has 2 rings (SSSR count). The van der Waals surface area contributed by atoms with Crippen LogP contribution in [-0.2, 0) is 6.42 Å². The molecule has 0 radical (unpaired) electrons. The summed E-state index contributed by atoms with van der Waals surface area (Å²) in [5.74, 6) is 1.01. The van der Waals surface area contributed by atoms with Crippen molar-refractivity contribution in [2.45, 2.75) is 6.42 Å². The first-order valence-corrected chi connectivity index (χ1v) is 4.45. The molecule has 1 aromatic rings. The molecule has 0 atom stereocenters. The quantitative estimate of drug-likeness (QED) is 0.740. The number of ether oxygens (including phenoxy) is 1. The lowest BCUT2D eigenvalue weighted by Gasteiger charge is -2.04. The smallest absolute Gasteiger partial charge is 0.122 e. The Morgan fingerprint density at radius 3 is 3.15 bits per heavy atom. The Labute approximate surface area is 78.0 Å². The molecule has 2 nitrogen and oxygen atoms in total. The Morgan fingerprint density at radius 1 is 1.54 bits per heavy atom. The molecule has 2 N–H and O–H groups in total. The summed E-state index contributed by atoms with van der Waals surface area (Å²) >= 11 is 0. The van der Waals surface area contributed by atoms with E-state index in [2.05, 4.69) is 12.6 Å². The van der Waals surface area contributed by atoms with E-state index in [-0.39, 0.29) is 0 Å². The third-order valence-corrected chi connectivity index (χ3v) is 2.34. The lowest BCUT2D eigenvalue weighted by atomic mass is 10.0. The average molecular weight is 175 g/mol. The Morgan fingerprint density at radius 2 is 2.38 bits per heavy atom. The predicted octanol–water partition coefficient (Wildman–Crippen LogP) is 1.59. The van der Waals surface area contributed by atoms with Gasteiger partial charge < -0.3 is 10.5 Å². The van der Waals surface area contributed by atoms with Gasteiger partial charge in [-0.2, -0.15) is 0 Å². The third kappa shape index (κ3) is 1.45. The van der Waals surface area contributed by atoms with Crippen molar-refractivity contribution < 1.29 is 4.74 Å². The van der Waals surface area contributed by atoms with Gasteiger partial charge in [0.05, 0.1) is 6.61 Å². The zero-order valence-corrected chi connectivity index (χ0v) is 7.55. The van der Waals surface area contributed by atoms with E-state index in [4.69, 9.17) is 10.5 Å². The van der Waals surface area contributed by atoms with Gasteiger partial charge in [-0.25, -0.2) is 0 Å². The molecule has 0 unspecified atom stereocenters. The number of rotatable bonds is 2. The number of benzene rings is 1. The topological polar surface area (TPSA) is 35.2 Å². The van der Waals surface area contributed by atoms with Crippen molar-refractivity contribution in [3.05, 3.63) is 35.9 Å². The van der Waals surface area contributed by atoms with Crippen LogP contribution in [0.4, 0.5) is 0 Å². The molecule has 0 bridgehead atoms. The van der Waals surface area contributed by atoms with E-state index < -0.39 is 0 Å². The molecule has 0 fully saturated rings.